The molecule has 0 unspecified atom stereocenters. The molecule has 8 heteroatoms. The maximum atomic E-state index is 13.1. The van der Waals surface area contributed by atoms with E-state index >= 15 is 0 Å². The van der Waals surface area contributed by atoms with Crippen molar-refractivity contribution in [2.75, 3.05) is 13.7 Å². The molecule has 0 saturated carbocycles. The molecule has 6 nitrogen and oxygen atoms in total. The van der Waals surface area contributed by atoms with Crippen LogP contribution < -0.4 is 20.3 Å². The number of carbonyl (C=O) groups excluding carboxylic acids is 1. The van der Waals surface area contributed by atoms with Crippen LogP contribution >= 0.6 is 23.2 Å². The fraction of sp³-hybridized carbons (Fsp3) is 0.214. The molecule has 0 saturated heterocycles. The van der Waals surface area contributed by atoms with Gasteiger partial charge in [0.2, 0.25) is 5.91 Å². The first-order chi connectivity index (χ1) is 17.4. The third kappa shape index (κ3) is 5.66. The largest absolute Gasteiger partial charge is 0.497 e. The normalized spacial score (nSPS) is 10.9. The zero-order valence-corrected chi connectivity index (χ0v) is 21.5. The van der Waals surface area contributed by atoms with Gasteiger partial charge in [-0.15, -0.1) is 0 Å². The van der Waals surface area contributed by atoms with Crippen LogP contribution in [0.15, 0.2) is 71.5 Å². The summed E-state index contributed by atoms with van der Waals surface area (Å²) in [6.45, 7) is 0.532. The van der Waals surface area contributed by atoms with Gasteiger partial charge in [-0.1, -0.05) is 53.5 Å². The van der Waals surface area contributed by atoms with E-state index in [0.717, 1.165) is 16.5 Å². The summed E-state index contributed by atoms with van der Waals surface area (Å²) in [5, 5.41) is 5.28. The number of fused-ring (bicyclic) bond motifs is 1. The lowest BCUT2D eigenvalue weighted by molar-refractivity contribution is -0.121. The molecular formula is C28H26Cl2N2O4. The topological polar surface area (TPSA) is 69.6 Å². The van der Waals surface area contributed by atoms with Gasteiger partial charge in [-0.3, -0.25) is 9.59 Å². The number of rotatable bonds is 9. The van der Waals surface area contributed by atoms with Crippen LogP contribution in [0.5, 0.6) is 11.5 Å². The molecule has 3 aromatic carbocycles. The Morgan fingerprint density at radius 3 is 2.50 bits per heavy atom. The fourth-order valence-electron chi connectivity index (χ4n) is 4.08. The van der Waals surface area contributed by atoms with Crippen LogP contribution in [0.25, 0.3) is 21.9 Å². The van der Waals surface area contributed by atoms with Crippen LogP contribution in [0.1, 0.15) is 18.5 Å². The minimum atomic E-state index is -0.141. The highest BCUT2D eigenvalue weighted by Crippen LogP contribution is 2.33. The summed E-state index contributed by atoms with van der Waals surface area (Å²) in [7, 11) is 3.32. The van der Waals surface area contributed by atoms with Crippen LogP contribution in [0.2, 0.25) is 10.0 Å². The highest BCUT2D eigenvalue weighted by atomic mass is 35.5. The van der Waals surface area contributed by atoms with E-state index in [1.165, 1.54) is 0 Å². The van der Waals surface area contributed by atoms with Gasteiger partial charge < -0.3 is 19.4 Å². The van der Waals surface area contributed by atoms with E-state index in [2.05, 4.69) is 5.32 Å². The Morgan fingerprint density at radius 1 is 1.00 bits per heavy atom. The molecular weight excluding hydrogens is 499 g/mol. The second-order valence-corrected chi connectivity index (χ2v) is 9.11. The molecule has 4 rings (SSSR count). The average molecular weight is 525 g/mol. The van der Waals surface area contributed by atoms with Crippen molar-refractivity contribution in [2.45, 2.75) is 19.4 Å². The van der Waals surface area contributed by atoms with Crippen LogP contribution in [0.4, 0.5) is 0 Å². The summed E-state index contributed by atoms with van der Waals surface area (Å²) in [4.78, 5) is 25.8. The SMILES string of the molecule is COc1ccc2c(=O)n(C)c(CNC(=O)CCCOc3ccc(Cl)cc3Cl)c(-c3ccccc3)c2c1. The smallest absolute Gasteiger partial charge is 0.258 e. The lowest BCUT2D eigenvalue weighted by Gasteiger charge is -2.19. The summed E-state index contributed by atoms with van der Waals surface area (Å²) >= 11 is 12.0. The molecule has 1 N–H and O–H groups in total. The number of hydrogen-bond donors (Lipinski definition) is 1. The average Bonchev–Trinajstić information content (AvgIpc) is 2.89. The minimum Gasteiger partial charge on any atom is -0.497 e. The molecule has 1 heterocycles. The van der Waals surface area contributed by atoms with E-state index < -0.39 is 0 Å². The summed E-state index contributed by atoms with van der Waals surface area (Å²) < 4.78 is 12.7. The van der Waals surface area contributed by atoms with Crippen molar-refractivity contribution >= 4 is 39.9 Å². The molecule has 36 heavy (non-hydrogen) atoms. The van der Waals surface area contributed by atoms with E-state index in [4.69, 9.17) is 32.7 Å². The van der Waals surface area contributed by atoms with Gasteiger partial charge in [0.05, 0.1) is 25.3 Å². The number of amides is 1. The van der Waals surface area contributed by atoms with Crippen molar-refractivity contribution < 1.29 is 14.3 Å². The lowest BCUT2D eigenvalue weighted by atomic mass is 9.96. The van der Waals surface area contributed by atoms with Crippen molar-refractivity contribution in [2.24, 2.45) is 7.05 Å². The fourth-order valence-corrected chi connectivity index (χ4v) is 4.54. The number of halogens is 2. The van der Waals surface area contributed by atoms with Gasteiger partial charge in [0, 0.05) is 40.5 Å². The first-order valence-electron chi connectivity index (χ1n) is 11.5. The Kier molecular flexibility index (Phi) is 8.18. The number of benzene rings is 3. The zero-order valence-electron chi connectivity index (χ0n) is 20.0. The monoisotopic (exact) mass is 524 g/mol. The highest BCUT2D eigenvalue weighted by Gasteiger charge is 2.18. The molecule has 0 aliphatic heterocycles. The number of aromatic nitrogens is 1. The number of methoxy groups -OCH3 is 1. The zero-order chi connectivity index (χ0) is 25.7. The molecule has 0 aliphatic carbocycles. The second kappa shape index (κ2) is 11.5. The summed E-state index contributed by atoms with van der Waals surface area (Å²) in [6, 6.07) is 20.2. The number of nitrogens with zero attached hydrogens (tertiary/aromatic N) is 1. The van der Waals surface area contributed by atoms with Crippen LogP contribution in [-0.4, -0.2) is 24.2 Å². The Labute approximate surface area is 219 Å². The maximum Gasteiger partial charge on any atom is 0.258 e. The molecule has 0 bridgehead atoms. The molecule has 0 spiro atoms. The van der Waals surface area contributed by atoms with Crippen LogP contribution in [-0.2, 0) is 18.4 Å². The van der Waals surface area contributed by atoms with E-state index in [-0.39, 0.29) is 24.4 Å². The first-order valence-corrected chi connectivity index (χ1v) is 12.2. The van der Waals surface area contributed by atoms with Crippen LogP contribution in [0, 0.1) is 0 Å². The molecule has 4 aromatic rings. The van der Waals surface area contributed by atoms with Crippen molar-refractivity contribution in [3.8, 4) is 22.6 Å². The Hall–Kier alpha value is -3.48. The van der Waals surface area contributed by atoms with Crippen LogP contribution in [0.3, 0.4) is 0 Å². The van der Waals surface area contributed by atoms with Crippen molar-refractivity contribution in [3.63, 3.8) is 0 Å². The van der Waals surface area contributed by atoms with Gasteiger partial charge >= 0.3 is 0 Å². The molecule has 0 radical (unpaired) electrons. The molecule has 0 atom stereocenters. The third-order valence-electron chi connectivity index (χ3n) is 5.94. The van der Waals surface area contributed by atoms with Gasteiger partial charge in [0.1, 0.15) is 11.5 Å². The number of nitrogens with one attached hydrogen (secondary N) is 1. The second-order valence-electron chi connectivity index (χ2n) is 8.27. The molecule has 1 amide bonds. The van der Waals surface area contributed by atoms with E-state index in [1.807, 2.05) is 36.4 Å². The van der Waals surface area contributed by atoms with Gasteiger partial charge in [-0.25, -0.2) is 0 Å². The molecule has 1 aromatic heterocycles. The predicted octanol–water partition coefficient (Wildman–Crippen LogP) is 6.00. The number of carbonyl (C=O) groups is 1. The van der Waals surface area contributed by atoms with Gasteiger partial charge in [-0.2, -0.15) is 0 Å². The number of ether oxygens (including phenoxy) is 2. The summed E-state index contributed by atoms with van der Waals surface area (Å²) in [5.41, 5.74) is 2.41. The van der Waals surface area contributed by atoms with E-state index in [9.17, 15) is 9.59 Å². The van der Waals surface area contributed by atoms with E-state index in [0.29, 0.717) is 45.7 Å². The highest BCUT2D eigenvalue weighted by molar-refractivity contribution is 6.35. The molecule has 0 aliphatic rings. The summed E-state index contributed by atoms with van der Waals surface area (Å²) in [5.74, 6) is 1.04. The Morgan fingerprint density at radius 2 is 1.78 bits per heavy atom. The summed E-state index contributed by atoms with van der Waals surface area (Å²) in [6.07, 6.45) is 0.769. The lowest BCUT2D eigenvalue weighted by Crippen LogP contribution is -2.29. The molecule has 0 fully saturated rings. The Balaban J connectivity index is 1.52. The third-order valence-corrected chi connectivity index (χ3v) is 6.47. The van der Waals surface area contributed by atoms with Gasteiger partial charge in [-0.05, 0) is 48.4 Å². The first kappa shape index (κ1) is 25.6. The standard InChI is InChI=1S/C28H26Cl2N2O4/c1-32-24(17-31-26(33)9-6-14-36-25-13-10-19(29)15-23(25)30)27(18-7-4-3-5-8-18)22-16-20(35-2)11-12-21(22)28(32)34/h3-5,7-8,10-13,15-16H,6,9,14,17H2,1-2H3,(H,31,33). The van der Waals surface area contributed by atoms with Crippen molar-refractivity contribution in [1.82, 2.24) is 9.88 Å². The predicted molar refractivity (Wildman–Crippen MR) is 144 cm³/mol. The minimum absolute atomic E-state index is 0.134. The van der Waals surface area contributed by atoms with E-state index in [1.54, 1.807) is 49.1 Å². The van der Waals surface area contributed by atoms with Crippen molar-refractivity contribution in [3.05, 3.63) is 92.8 Å². The Bertz CT molecular complexity index is 1450. The quantitative estimate of drug-likeness (QED) is 0.273. The van der Waals surface area contributed by atoms with Crippen molar-refractivity contribution in [1.29, 1.82) is 0 Å². The number of pyridine rings is 1. The van der Waals surface area contributed by atoms with Gasteiger partial charge in [0.15, 0.2) is 0 Å². The maximum absolute atomic E-state index is 13.1. The molecule has 186 valence electrons. The van der Waals surface area contributed by atoms with Gasteiger partial charge in [0.25, 0.3) is 5.56 Å². The number of hydrogen-bond acceptors (Lipinski definition) is 4.